The van der Waals surface area contributed by atoms with Crippen molar-refractivity contribution >= 4 is 23.6 Å². The van der Waals surface area contributed by atoms with E-state index in [-0.39, 0.29) is 11.8 Å². The number of benzene rings is 2. The molecule has 0 aliphatic carbocycles. The van der Waals surface area contributed by atoms with Gasteiger partial charge in [0, 0.05) is 25.2 Å². The second kappa shape index (κ2) is 6.48. The van der Waals surface area contributed by atoms with Crippen LogP contribution < -0.4 is 10.2 Å². The summed E-state index contributed by atoms with van der Waals surface area (Å²) in [5.74, 6) is -0.338. The highest BCUT2D eigenvalue weighted by atomic mass is 16.2. The number of carbonyl (C=O) groups excluding carboxylic acids is 2. The fraction of sp³-hybridized carbons (Fsp3) is 0.158. The van der Waals surface area contributed by atoms with Gasteiger partial charge in [-0.15, -0.1) is 0 Å². The average molecular weight is 306 g/mol. The van der Waals surface area contributed by atoms with E-state index >= 15 is 0 Å². The number of rotatable bonds is 3. The Morgan fingerprint density at radius 1 is 1.09 bits per heavy atom. The Kier molecular flexibility index (Phi) is 4.24. The minimum atomic E-state index is -0.495. The van der Waals surface area contributed by atoms with E-state index in [1.54, 1.807) is 18.0 Å². The highest BCUT2D eigenvalue weighted by molar-refractivity contribution is 6.09. The molecule has 116 valence electrons. The number of fused-ring (bicyclic) bond motifs is 1. The first kappa shape index (κ1) is 15.0. The Labute approximate surface area is 135 Å². The van der Waals surface area contributed by atoms with Crippen molar-refractivity contribution in [1.29, 1.82) is 0 Å². The summed E-state index contributed by atoms with van der Waals surface area (Å²) in [6.07, 6.45) is 3.83. The molecular formula is C19H18N2O2. The third-order valence-electron chi connectivity index (χ3n) is 3.98. The maximum absolute atomic E-state index is 12.7. The van der Waals surface area contributed by atoms with E-state index in [4.69, 9.17) is 0 Å². The molecule has 0 fully saturated rings. The number of likely N-dealkylation sites (N-methyl/N-ethyl adjacent to an activating group) is 1. The number of carbonyl (C=O) groups is 2. The molecule has 0 aromatic heterocycles. The molecule has 1 atom stereocenters. The molecule has 2 aromatic rings. The van der Waals surface area contributed by atoms with Crippen LogP contribution in [-0.4, -0.2) is 24.9 Å². The molecule has 1 heterocycles. The molecule has 2 amide bonds. The van der Waals surface area contributed by atoms with Gasteiger partial charge in [0.25, 0.3) is 5.91 Å². The summed E-state index contributed by atoms with van der Waals surface area (Å²) in [6.45, 7) is 0. The van der Waals surface area contributed by atoms with Crippen LogP contribution in [-0.2, 0) is 16.0 Å². The van der Waals surface area contributed by atoms with Crippen molar-refractivity contribution in [3.63, 3.8) is 0 Å². The summed E-state index contributed by atoms with van der Waals surface area (Å²) < 4.78 is 0. The lowest BCUT2D eigenvalue weighted by atomic mass is 10.1. The van der Waals surface area contributed by atoms with Gasteiger partial charge in [-0.2, -0.15) is 0 Å². The van der Waals surface area contributed by atoms with Gasteiger partial charge in [-0.05, 0) is 23.3 Å². The molecule has 0 saturated carbocycles. The normalized spacial score (nSPS) is 16.4. The summed E-state index contributed by atoms with van der Waals surface area (Å²) >= 11 is 0. The van der Waals surface area contributed by atoms with Crippen LogP contribution in [0, 0.1) is 0 Å². The zero-order valence-corrected chi connectivity index (χ0v) is 12.9. The van der Waals surface area contributed by atoms with E-state index in [1.165, 1.54) is 6.08 Å². The molecule has 4 heteroatoms. The van der Waals surface area contributed by atoms with Crippen LogP contribution in [0.2, 0.25) is 0 Å². The lowest BCUT2D eigenvalue weighted by molar-refractivity contribution is -0.124. The number of para-hydroxylation sites is 1. The van der Waals surface area contributed by atoms with Gasteiger partial charge in [0.05, 0.1) is 0 Å². The maximum atomic E-state index is 12.7. The Bertz CT molecular complexity index is 753. The minimum absolute atomic E-state index is 0.150. The summed E-state index contributed by atoms with van der Waals surface area (Å²) in [7, 11) is 1.59. The Hall–Kier alpha value is -2.88. The van der Waals surface area contributed by atoms with E-state index < -0.39 is 6.04 Å². The molecule has 0 bridgehead atoms. The summed E-state index contributed by atoms with van der Waals surface area (Å²) in [6, 6.07) is 16.8. The van der Waals surface area contributed by atoms with Gasteiger partial charge in [-0.1, -0.05) is 48.5 Å². The van der Waals surface area contributed by atoms with Crippen molar-refractivity contribution in [2.75, 3.05) is 11.9 Å². The number of anilines is 1. The van der Waals surface area contributed by atoms with Crippen LogP contribution in [0.5, 0.6) is 0 Å². The van der Waals surface area contributed by atoms with Crippen LogP contribution in [0.25, 0.3) is 6.08 Å². The third-order valence-corrected chi connectivity index (χ3v) is 3.98. The lowest BCUT2D eigenvalue weighted by Gasteiger charge is -2.23. The first-order valence-electron chi connectivity index (χ1n) is 7.56. The van der Waals surface area contributed by atoms with Crippen molar-refractivity contribution in [3.05, 3.63) is 71.8 Å². The number of hydrogen-bond donors (Lipinski definition) is 1. The molecule has 1 aliphatic heterocycles. The van der Waals surface area contributed by atoms with Crippen molar-refractivity contribution in [2.24, 2.45) is 0 Å². The van der Waals surface area contributed by atoms with Gasteiger partial charge >= 0.3 is 0 Å². The SMILES string of the molecule is CNC(=O)[C@H]1Cc2ccccc2N1C(=O)/C=C\c1ccccc1. The summed E-state index contributed by atoms with van der Waals surface area (Å²) in [4.78, 5) is 26.4. The van der Waals surface area contributed by atoms with Gasteiger partial charge in [-0.25, -0.2) is 0 Å². The van der Waals surface area contributed by atoms with Crippen molar-refractivity contribution < 1.29 is 9.59 Å². The lowest BCUT2D eigenvalue weighted by Crippen LogP contribution is -2.46. The summed E-state index contributed by atoms with van der Waals surface area (Å²) in [5.41, 5.74) is 2.77. The fourth-order valence-electron chi connectivity index (χ4n) is 2.85. The predicted molar refractivity (Wildman–Crippen MR) is 91.0 cm³/mol. The quantitative estimate of drug-likeness (QED) is 0.885. The zero-order chi connectivity index (χ0) is 16.2. The molecule has 0 saturated heterocycles. The molecule has 0 spiro atoms. The molecule has 4 nitrogen and oxygen atoms in total. The summed E-state index contributed by atoms with van der Waals surface area (Å²) in [5, 5.41) is 2.64. The topological polar surface area (TPSA) is 49.4 Å². The largest absolute Gasteiger partial charge is 0.357 e. The standard InChI is InChI=1S/C19H18N2O2/c1-20-19(23)17-13-15-9-5-6-10-16(15)21(17)18(22)12-11-14-7-3-2-4-8-14/h2-12,17H,13H2,1H3,(H,20,23)/b12-11-/t17-/m1/s1. The number of hydrogen-bond acceptors (Lipinski definition) is 2. The zero-order valence-electron chi connectivity index (χ0n) is 12.9. The molecule has 1 aliphatic rings. The molecular weight excluding hydrogens is 288 g/mol. The second-order valence-corrected chi connectivity index (χ2v) is 5.42. The predicted octanol–water partition coefficient (Wildman–Crippen LogP) is 2.40. The molecule has 3 rings (SSSR count). The second-order valence-electron chi connectivity index (χ2n) is 5.42. The van der Waals surface area contributed by atoms with Gasteiger partial charge in [0.2, 0.25) is 5.91 Å². The first-order valence-corrected chi connectivity index (χ1v) is 7.56. The van der Waals surface area contributed by atoms with Crippen LogP contribution in [0.15, 0.2) is 60.7 Å². The van der Waals surface area contributed by atoms with E-state index in [0.717, 1.165) is 16.8 Å². The fourth-order valence-corrected chi connectivity index (χ4v) is 2.85. The van der Waals surface area contributed by atoms with Gasteiger partial charge in [0.1, 0.15) is 6.04 Å². The highest BCUT2D eigenvalue weighted by Crippen LogP contribution is 2.32. The van der Waals surface area contributed by atoms with Crippen LogP contribution in [0.3, 0.4) is 0 Å². The van der Waals surface area contributed by atoms with E-state index in [0.29, 0.717) is 6.42 Å². The Balaban J connectivity index is 1.89. The monoisotopic (exact) mass is 306 g/mol. The molecule has 0 unspecified atom stereocenters. The number of nitrogens with zero attached hydrogens (tertiary/aromatic N) is 1. The van der Waals surface area contributed by atoms with Crippen LogP contribution >= 0.6 is 0 Å². The molecule has 1 N–H and O–H groups in total. The number of amides is 2. The van der Waals surface area contributed by atoms with Crippen molar-refractivity contribution in [2.45, 2.75) is 12.5 Å². The first-order chi connectivity index (χ1) is 11.2. The number of nitrogens with one attached hydrogen (secondary N) is 1. The van der Waals surface area contributed by atoms with Gasteiger partial charge < -0.3 is 5.32 Å². The smallest absolute Gasteiger partial charge is 0.251 e. The Morgan fingerprint density at radius 2 is 1.78 bits per heavy atom. The van der Waals surface area contributed by atoms with Gasteiger partial charge in [0.15, 0.2) is 0 Å². The van der Waals surface area contributed by atoms with Gasteiger partial charge in [-0.3, -0.25) is 14.5 Å². The minimum Gasteiger partial charge on any atom is -0.357 e. The molecule has 23 heavy (non-hydrogen) atoms. The average Bonchev–Trinajstić information content (AvgIpc) is 2.99. The van der Waals surface area contributed by atoms with Crippen molar-refractivity contribution in [1.82, 2.24) is 5.32 Å². The third kappa shape index (κ3) is 3.01. The Morgan fingerprint density at radius 3 is 2.52 bits per heavy atom. The van der Waals surface area contributed by atoms with Crippen LogP contribution in [0.1, 0.15) is 11.1 Å². The van der Waals surface area contributed by atoms with E-state index in [2.05, 4.69) is 5.32 Å². The van der Waals surface area contributed by atoms with Crippen LogP contribution in [0.4, 0.5) is 5.69 Å². The molecule has 2 aromatic carbocycles. The van der Waals surface area contributed by atoms with E-state index in [9.17, 15) is 9.59 Å². The van der Waals surface area contributed by atoms with E-state index in [1.807, 2.05) is 54.6 Å². The maximum Gasteiger partial charge on any atom is 0.251 e. The molecule has 0 radical (unpaired) electrons. The van der Waals surface area contributed by atoms with Crippen molar-refractivity contribution in [3.8, 4) is 0 Å². The highest BCUT2D eigenvalue weighted by Gasteiger charge is 2.36.